The summed E-state index contributed by atoms with van der Waals surface area (Å²) in [4.78, 5) is 2.36. The highest BCUT2D eigenvalue weighted by molar-refractivity contribution is 6.04. The van der Waals surface area contributed by atoms with Crippen LogP contribution in [0.2, 0.25) is 0 Å². The standard InChI is InChI=1S/C57H39N/c1-4-18-46(19-5-1)57(47-20-6-2-7-21-47)53-38-34-44-16-11-13-25-51(44)56(53)52-37-33-45(39-54(52)57)42-29-27-40(28-30-42)41-31-35-49(36-32-41)58(48-22-8-3-9-23-48)55-26-14-17-43-15-10-12-24-50(43)55/h1-39H. The lowest BCUT2D eigenvalue weighted by Crippen LogP contribution is -2.28. The summed E-state index contributed by atoms with van der Waals surface area (Å²) in [5, 5.41) is 5.01. The molecule has 0 spiro atoms. The number of nitrogens with zero attached hydrogens (tertiary/aromatic N) is 1. The SMILES string of the molecule is c1ccc(N(c2ccc(-c3ccc(-c4ccc5c(c4)C(c4ccccc4)(c4ccccc4)c4ccc6ccccc6c4-5)cc3)cc2)c2cccc3ccccc23)cc1. The van der Waals surface area contributed by atoms with Gasteiger partial charge in [-0.15, -0.1) is 0 Å². The summed E-state index contributed by atoms with van der Waals surface area (Å²) in [5.41, 5.74) is 15.6. The van der Waals surface area contributed by atoms with Gasteiger partial charge in [0.15, 0.2) is 0 Å². The van der Waals surface area contributed by atoms with Gasteiger partial charge in [0.2, 0.25) is 0 Å². The third-order valence-electron chi connectivity index (χ3n) is 12.1. The maximum atomic E-state index is 2.46. The number of benzene rings is 10. The van der Waals surface area contributed by atoms with E-state index in [0.29, 0.717) is 0 Å². The molecule has 10 aromatic carbocycles. The Labute approximate surface area is 339 Å². The van der Waals surface area contributed by atoms with E-state index in [1.807, 2.05) is 0 Å². The Morgan fingerprint density at radius 1 is 0.310 bits per heavy atom. The van der Waals surface area contributed by atoms with Gasteiger partial charge in [-0.05, 0) is 108 Å². The van der Waals surface area contributed by atoms with E-state index < -0.39 is 5.41 Å². The molecule has 0 bridgehead atoms. The van der Waals surface area contributed by atoms with E-state index in [9.17, 15) is 0 Å². The summed E-state index contributed by atoms with van der Waals surface area (Å²) in [7, 11) is 0. The molecule has 1 aliphatic rings. The lowest BCUT2D eigenvalue weighted by atomic mass is 9.67. The van der Waals surface area contributed by atoms with Crippen molar-refractivity contribution in [1.29, 1.82) is 0 Å². The minimum Gasteiger partial charge on any atom is -0.310 e. The predicted molar refractivity (Wildman–Crippen MR) is 244 cm³/mol. The van der Waals surface area contributed by atoms with Crippen molar-refractivity contribution in [3.63, 3.8) is 0 Å². The average Bonchev–Trinajstić information content (AvgIpc) is 3.61. The van der Waals surface area contributed by atoms with E-state index in [1.165, 1.54) is 77.2 Å². The summed E-state index contributed by atoms with van der Waals surface area (Å²) in [5.74, 6) is 0. The van der Waals surface area contributed by atoms with Crippen LogP contribution in [0.3, 0.4) is 0 Å². The molecule has 0 amide bonds. The highest BCUT2D eigenvalue weighted by atomic mass is 15.1. The molecule has 1 nitrogen and oxygen atoms in total. The Balaban J connectivity index is 0.993. The van der Waals surface area contributed by atoms with Crippen LogP contribution in [0.1, 0.15) is 22.3 Å². The van der Waals surface area contributed by atoms with Crippen molar-refractivity contribution in [2.75, 3.05) is 4.90 Å². The van der Waals surface area contributed by atoms with Crippen molar-refractivity contribution in [3.05, 3.63) is 259 Å². The predicted octanol–water partition coefficient (Wildman–Crippen LogP) is 15.2. The highest BCUT2D eigenvalue weighted by Crippen LogP contribution is 2.58. The van der Waals surface area contributed by atoms with Gasteiger partial charge in [-0.3, -0.25) is 0 Å². The highest BCUT2D eigenvalue weighted by Gasteiger charge is 2.46. The molecule has 0 saturated heterocycles. The second kappa shape index (κ2) is 13.9. The first-order chi connectivity index (χ1) is 28.8. The number of para-hydroxylation sites is 1. The molecular weight excluding hydrogens is 699 g/mol. The van der Waals surface area contributed by atoms with Crippen LogP contribution < -0.4 is 4.90 Å². The van der Waals surface area contributed by atoms with Gasteiger partial charge in [0.05, 0.1) is 11.1 Å². The molecule has 0 saturated carbocycles. The first kappa shape index (κ1) is 33.8. The molecule has 0 aliphatic heterocycles. The zero-order valence-electron chi connectivity index (χ0n) is 32.0. The lowest BCUT2D eigenvalue weighted by Gasteiger charge is -2.34. The third-order valence-corrected chi connectivity index (χ3v) is 12.1. The maximum Gasteiger partial charge on any atom is 0.0714 e. The molecular formula is C57H39N. The molecule has 0 heterocycles. The maximum absolute atomic E-state index is 2.46. The van der Waals surface area contributed by atoms with Crippen LogP contribution in [0.4, 0.5) is 17.1 Å². The molecule has 272 valence electrons. The first-order valence-electron chi connectivity index (χ1n) is 20.1. The molecule has 0 aromatic heterocycles. The van der Waals surface area contributed by atoms with Crippen LogP contribution in [0.25, 0.3) is 54.9 Å². The second-order valence-electron chi connectivity index (χ2n) is 15.2. The molecule has 58 heavy (non-hydrogen) atoms. The fourth-order valence-corrected chi connectivity index (χ4v) is 9.50. The molecule has 0 fully saturated rings. The van der Waals surface area contributed by atoms with Crippen LogP contribution in [0.15, 0.2) is 237 Å². The summed E-state index contributed by atoms with van der Waals surface area (Å²) in [6.45, 7) is 0. The molecule has 0 N–H and O–H groups in total. The molecule has 0 radical (unpaired) electrons. The van der Waals surface area contributed by atoms with Crippen molar-refractivity contribution in [1.82, 2.24) is 0 Å². The van der Waals surface area contributed by atoms with E-state index in [1.54, 1.807) is 0 Å². The van der Waals surface area contributed by atoms with Crippen LogP contribution >= 0.6 is 0 Å². The zero-order chi connectivity index (χ0) is 38.5. The molecule has 1 aliphatic carbocycles. The van der Waals surface area contributed by atoms with Gasteiger partial charge in [0, 0.05) is 16.8 Å². The number of fused-ring (bicyclic) bond motifs is 6. The van der Waals surface area contributed by atoms with Crippen molar-refractivity contribution in [3.8, 4) is 33.4 Å². The normalized spacial score (nSPS) is 12.6. The second-order valence-corrected chi connectivity index (χ2v) is 15.2. The monoisotopic (exact) mass is 737 g/mol. The Morgan fingerprint density at radius 2 is 0.793 bits per heavy atom. The molecule has 0 unspecified atom stereocenters. The van der Waals surface area contributed by atoms with Gasteiger partial charge in [-0.25, -0.2) is 0 Å². The largest absolute Gasteiger partial charge is 0.310 e. The van der Waals surface area contributed by atoms with Crippen LogP contribution in [0.5, 0.6) is 0 Å². The van der Waals surface area contributed by atoms with Crippen LogP contribution in [-0.4, -0.2) is 0 Å². The van der Waals surface area contributed by atoms with Crippen molar-refractivity contribution in [2.45, 2.75) is 5.41 Å². The Kier molecular flexibility index (Phi) is 8.12. The minimum absolute atomic E-state index is 0.464. The summed E-state index contributed by atoms with van der Waals surface area (Å²) in [6.07, 6.45) is 0. The third kappa shape index (κ3) is 5.39. The van der Waals surface area contributed by atoms with E-state index in [2.05, 4.69) is 241 Å². The molecule has 0 atom stereocenters. The molecule has 11 rings (SSSR count). The van der Waals surface area contributed by atoms with Crippen molar-refractivity contribution < 1.29 is 0 Å². The fourth-order valence-electron chi connectivity index (χ4n) is 9.50. The Morgan fingerprint density at radius 3 is 1.45 bits per heavy atom. The minimum atomic E-state index is -0.464. The molecule has 10 aromatic rings. The van der Waals surface area contributed by atoms with E-state index in [4.69, 9.17) is 0 Å². The quantitative estimate of drug-likeness (QED) is 0.157. The van der Waals surface area contributed by atoms with E-state index >= 15 is 0 Å². The first-order valence-corrected chi connectivity index (χ1v) is 20.1. The zero-order valence-corrected chi connectivity index (χ0v) is 32.0. The number of rotatable bonds is 7. The van der Waals surface area contributed by atoms with E-state index in [-0.39, 0.29) is 0 Å². The summed E-state index contributed by atoms with van der Waals surface area (Å²) in [6, 6.07) is 86.6. The van der Waals surface area contributed by atoms with Gasteiger partial charge >= 0.3 is 0 Å². The average molecular weight is 738 g/mol. The number of hydrogen-bond acceptors (Lipinski definition) is 1. The van der Waals surface area contributed by atoms with Crippen LogP contribution in [-0.2, 0) is 5.41 Å². The van der Waals surface area contributed by atoms with Gasteiger partial charge in [0.1, 0.15) is 0 Å². The molecule has 1 heteroatoms. The Bertz CT molecular complexity index is 3030. The summed E-state index contributed by atoms with van der Waals surface area (Å²) < 4.78 is 0. The number of hydrogen-bond donors (Lipinski definition) is 0. The van der Waals surface area contributed by atoms with Crippen LogP contribution in [0, 0.1) is 0 Å². The Hall–Kier alpha value is -7.48. The number of anilines is 3. The van der Waals surface area contributed by atoms with Gasteiger partial charge in [-0.2, -0.15) is 0 Å². The lowest BCUT2D eigenvalue weighted by molar-refractivity contribution is 0.769. The van der Waals surface area contributed by atoms with Gasteiger partial charge < -0.3 is 4.90 Å². The van der Waals surface area contributed by atoms with Gasteiger partial charge in [-0.1, -0.05) is 200 Å². The topological polar surface area (TPSA) is 3.24 Å². The fraction of sp³-hybridized carbons (Fsp3) is 0.0175. The van der Waals surface area contributed by atoms with Crippen molar-refractivity contribution in [2.24, 2.45) is 0 Å². The van der Waals surface area contributed by atoms with Gasteiger partial charge in [0.25, 0.3) is 0 Å². The van der Waals surface area contributed by atoms with Crippen molar-refractivity contribution >= 4 is 38.6 Å². The summed E-state index contributed by atoms with van der Waals surface area (Å²) >= 11 is 0. The smallest absolute Gasteiger partial charge is 0.0714 e. The van der Waals surface area contributed by atoms with E-state index in [0.717, 1.165) is 17.1 Å².